The molecule has 3 amide bonds. The molecule has 0 aromatic heterocycles. The smallest absolute Gasteiger partial charge is 0.247 e. The van der Waals surface area contributed by atoms with Crippen LogP contribution in [0.4, 0.5) is 0 Å². The third-order valence-electron chi connectivity index (χ3n) is 4.26. The van der Waals surface area contributed by atoms with E-state index in [1.165, 1.54) is 4.90 Å². The van der Waals surface area contributed by atoms with Gasteiger partial charge in [0.15, 0.2) is 0 Å². The van der Waals surface area contributed by atoms with Gasteiger partial charge in [-0.1, -0.05) is 13.8 Å². The van der Waals surface area contributed by atoms with Crippen molar-refractivity contribution in [3.8, 4) is 0 Å². The summed E-state index contributed by atoms with van der Waals surface area (Å²) in [4.78, 5) is 37.7. The summed E-state index contributed by atoms with van der Waals surface area (Å²) < 4.78 is 0. The standard InChI is InChI=1S/C15H25N3O3/c1-4-11(5-2)18-13(19)8-12(15(18)21)16-9(3)14(20)17-10-6-7-10/h9-12,16H,4-8H2,1-3H3,(H,17,20). The van der Waals surface area contributed by atoms with Crippen molar-refractivity contribution < 1.29 is 14.4 Å². The molecule has 1 heterocycles. The minimum absolute atomic E-state index is 0.0348. The molecule has 6 nitrogen and oxygen atoms in total. The van der Waals surface area contributed by atoms with E-state index in [-0.39, 0.29) is 30.2 Å². The molecule has 1 aliphatic heterocycles. The SMILES string of the molecule is CCC(CC)N1C(=O)CC(NC(C)C(=O)NC2CC2)C1=O. The predicted octanol–water partition coefficient (Wildman–Crippen LogP) is 0.559. The molecule has 21 heavy (non-hydrogen) atoms. The Morgan fingerprint density at radius 2 is 1.90 bits per heavy atom. The van der Waals surface area contributed by atoms with Crippen molar-refractivity contribution in [3.63, 3.8) is 0 Å². The summed E-state index contributed by atoms with van der Waals surface area (Å²) in [5.74, 6) is -0.431. The Morgan fingerprint density at radius 3 is 2.43 bits per heavy atom. The molecule has 6 heteroatoms. The lowest BCUT2D eigenvalue weighted by Gasteiger charge is -2.25. The van der Waals surface area contributed by atoms with Crippen LogP contribution in [0.15, 0.2) is 0 Å². The molecule has 2 fully saturated rings. The normalized spacial score (nSPS) is 23.8. The van der Waals surface area contributed by atoms with Crippen molar-refractivity contribution in [2.24, 2.45) is 0 Å². The second-order valence-electron chi connectivity index (χ2n) is 6.00. The average molecular weight is 295 g/mol. The summed E-state index contributed by atoms with van der Waals surface area (Å²) in [6.07, 6.45) is 3.73. The minimum Gasteiger partial charge on any atom is -0.352 e. The van der Waals surface area contributed by atoms with Gasteiger partial charge in [-0.15, -0.1) is 0 Å². The first-order valence-corrected chi connectivity index (χ1v) is 7.90. The zero-order valence-electron chi connectivity index (χ0n) is 13.0. The van der Waals surface area contributed by atoms with Crippen molar-refractivity contribution in [1.82, 2.24) is 15.5 Å². The summed E-state index contributed by atoms with van der Waals surface area (Å²) in [5.41, 5.74) is 0. The van der Waals surface area contributed by atoms with Gasteiger partial charge in [0.2, 0.25) is 17.7 Å². The molecule has 2 rings (SSSR count). The van der Waals surface area contributed by atoms with Crippen LogP contribution >= 0.6 is 0 Å². The van der Waals surface area contributed by atoms with Gasteiger partial charge in [-0.25, -0.2) is 0 Å². The summed E-state index contributed by atoms with van der Waals surface area (Å²) in [6, 6.07) is -0.775. The molecular formula is C15H25N3O3. The molecule has 1 saturated heterocycles. The number of hydrogen-bond acceptors (Lipinski definition) is 4. The molecule has 1 saturated carbocycles. The molecule has 2 aliphatic rings. The highest BCUT2D eigenvalue weighted by molar-refractivity contribution is 6.06. The van der Waals surface area contributed by atoms with Crippen molar-refractivity contribution >= 4 is 17.7 Å². The summed E-state index contributed by atoms with van der Waals surface area (Å²) >= 11 is 0. The van der Waals surface area contributed by atoms with Crippen molar-refractivity contribution in [1.29, 1.82) is 0 Å². The molecular weight excluding hydrogens is 270 g/mol. The maximum atomic E-state index is 12.4. The second kappa shape index (κ2) is 6.56. The predicted molar refractivity (Wildman–Crippen MR) is 78.4 cm³/mol. The summed E-state index contributed by atoms with van der Waals surface area (Å²) in [7, 11) is 0. The number of imide groups is 1. The second-order valence-corrected chi connectivity index (χ2v) is 6.00. The van der Waals surface area contributed by atoms with Crippen LogP contribution in [0.1, 0.15) is 52.9 Å². The Morgan fingerprint density at radius 1 is 1.29 bits per heavy atom. The number of carbonyl (C=O) groups is 3. The van der Waals surface area contributed by atoms with Gasteiger partial charge in [-0.05, 0) is 32.6 Å². The zero-order valence-corrected chi connectivity index (χ0v) is 13.0. The van der Waals surface area contributed by atoms with Crippen LogP contribution in [-0.4, -0.2) is 46.8 Å². The van der Waals surface area contributed by atoms with Gasteiger partial charge in [0.05, 0.1) is 18.5 Å². The van der Waals surface area contributed by atoms with E-state index in [9.17, 15) is 14.4 Å². The fraction of sp³-hybridized carbons (Fsp3) is 0.800. The Bertz CT molecular complexity index is 430. The highest BCUT2D eigenvalue weighted by Crippen LogP contribution is 2.21. The molecule has 0 spiro atoms. The fourth-order valence-electron chi connectivity index (χ4n) is 2.75. The van der Waals surface area contributed by atoms with Crippen LogP contribution in [0.25, 0.3) is 0 Å². The van der Waals surface area contributed by atoms with Gasteiger partial charge in [0, 0.05) is 12.1 Å². The molecule has 2 N–H and O–H groups in total. The molecule has 0 aromatic carbocycles. The highest BCUT2D eigenvalue weighted by Gasteiger charge is 2.42. The van der Waals surface area contributed by atoms with E-state index in [1.54, 1.807) is 6.92 Å². The van der Waals surface area contributed by atoms with Crippen LogP contribution in [0.2, 0.25) is 0 Å². The molecule has 118 valence electrons. The van der Waals surface area contributed by atoms with Gasteiger partial charge in [-0.3, -0.25) is 24.6 Å². The topological polar surface area (TPSA) is 78.5 Å². The minimum atomic E-state index is -0.571. The quantitative estimate of drug-likeness (QED) is 0.673. The van der Waals surface area contributed by atoms with E-state index in [4.69, 9.17) is 0 Å². The third kappa shape index (κ3) is 3.61. The summed E-state index contributed by atoms with van der Waals surface area (Å²) in [5, 5.41) is 5.90. The molecule has 2 atom stereocenters. The lowest BCUT2D eigenvalue weighted by Crippen LogP contribution is -2.50. The van der Waals surface area contributed by atoms with Crippen molar-refractivity contribution in [2.75, 3.05) is 0 Å². The van der Waals surface area contributed by atoms with E-state index >= 15 is 0 Å². The molecule has 0 bridgehead atoms. The van der Waals surface area contributed by atoms with Crippen LogP contribution in [0.3, 0.4) is 0 Å². The zero-order chi connectivity index (χ0) is 15.6. The molecule has 0 radical (unpaired) electrons. The van der Waals surface area contributed by atoms with Gasteiger partial charge >= 0.3 is 0 Å². The number of nitrogens with zero attached hydrogens (tertiary/aromatic N) is 1. The summed E-state index contributed by atoms with van der Waals surface area (Å²) in [6.45, 7) is 5.68. The number of carbonyl (C=O) groups excluding carboxylic acids is 3. The van der Waals surface area contributed by atoms with Crippen LogP contribution < -0.4 is 10.6 Å². The Hall–Kier alpha value is -1.43. The van der Waals surface area contributed by atoms with E-state index in [0.29, 0.717) is 6.04 Å². The number of rotatable bonds is 7. The number of amides is 3. The monoisotopic (exact) mass is 295 g/mol. The number of hydrogen-bond donors (Lipinski definition) is 2. The van der Waals surface area contributed by atoms with Gasteiger partial charge < -0.3 is 5.32 Å². The number of likely N-dealkylation sites (tertiary alicyclic amines) is 1. The van der Waals surface area contributed by atoms with E-state index in [1.807, 2.05) is 13.8 Å². The molecule has 2 unspecified atom stereocenters. The maximum absolute atomic E-state index is 12.4. The van der Waals surface area contributed by atoms with Gasteiger partial charge in [0.25, 0.3) is 0 Å². The lowest BCUT2D eigenvalue weighted by atomic mass is 10.1. The van der Waals surface area contributed by atoms with Crippen molar-refractivity contribution in [3.05, 3.63) is 0 Å². The first-order chi connectivity index (χ1) is 9.97. The third-order valence-corrected chi connectivity index (χ3v) is 4.26. The highest BCUT2D eigenvalue weighted by atomic mass is 16.2. The van der Waals surface area contributed by atoms with Crippen LogP contribution in [0, 0.1) is 0 Å². The Kier molecular flexibility index (Phi) is 4.98. The molecule has 1 aliphatic carbocycles. The van der Waals surface area contributed by atoms with E-state index in [0.717, 1.165) is 25.7 Å². The van der Waals surface area contributed by atoms with E-state index < -0.39 is 12.1 Å². The maximum Gasteiger partial charge on any atom is 0.247 e. The lowest BCUT2D eigenvalue weighted by molar-refractivity contribution is -0.141. The van der Waals surface area contributed by atoms with E-state index in [2.05, 4.69) is 10.6 Å². The first kappa shape index (κ1) is 15.9. The molecule has 0 aromatic rings. The number of nitrogens with one attached hydrogen (secondary N) is 2. The van der Waals surface area contributed by atoms with Crippen molar-refractivity contribution in [2.45, 2.75) is 77.0 Å². The Balaban J connectivity index is 1.93. The Labute approximate surface area is 125 Å². The average Bonchev–Trinajstić information content (AvgIpc) is 3.22. The van der Waals surface area contributed by atoms with Crippen LogP contribution in [0.5, 0.6) is 0 Å². The first-order valence-electron chi connectivity index (χ1n) is 7.90. The van der Waals surface area contributed by atoms with Crippen LogP contribution in [-0.2, 0) is 14.4 Å². The largest absolute Gasteiger partial charge is 0.352 e. The fourth-order valence-corrected chi connectivity index (χ4v) is 2.75. The van der Waals surface area contributed by atoms with Gasteiger partial charge in [0.1, 0.15) is 0 Å². The van der Waals surface area contributed by atoms with Gasteiger partial charge in [-0.2, -0.15) is 0 Å².